The van der Waals surface area contributed by atoms with Crippen LogP contribution < -0.4 is 10.1 Å². The van der Waals surface area contributed by atoms with Crippen molar-refractivity contribution in [3.8, 4) is 17.1 Å². The van der Waals surface area contributed by atoms with Crippen molar-refractivity contribution in [2.45, 2.75) is 43.8 Å². The lowest BCUT2D eigenvalue weighted by atomic mass is 9.95. The minimum absolute atomic E-state index is 0.0774. The van der Waals surface area contributed by atoms with Crippen LogP contribution in [0.15, 0.2) is 29.4 Å². The molecule has 2 aliphatic carbocycles. The first-order chi connectivity index (χ1) is 12.7. The monoisotopic (exact) mass is 372 g/mol. The van der Waals surface area contributed by atoms with Gasteiger partial charge in [0.1, 0.15) is 5.75 Å². The number of thioether (sulfide) groups is 1. The lowest BCUT2D eigenvalue weighted by molar-refractivity contribution is -0.119. The molecule has 1 aromatic carbocycles. The zero-order valence-electron chi connectivity index (χ0n) is 14.9. The first kappa shape index (κ1) is 17.4. The number of nitrogens with one attached hydrogen (secondary N) is 2. The third kappa shape index (κ3) is 3.72. The van der Waals surface area contributed by atoms with E-state index in [9.17, 15) is 4.79 Å². The van der Waals surface area contributed by atoms with Crippen molar-refractivity contribution < 1.29 is 9.53 Å². The average Bonchev–Trinajstić information content (AvgIpc) is 3.38. The molecule has 2 saturated carbocycles. The standard InChI is InChI=1S/C19H24N4O2S/c1-2-25-16-6-4-3-5-14(16)18-21-19(23-22-18)26-11-17(24)20-15-10-12-7-8-13(15)9-12/h3-6,12-13,15H,2,7-11H2,1H3,(H,20,24)(H,21,22,23)/t12-,13-,15+/m1/s1. The number of fused-ring (bicyclic) bond motifs is 2. The van der Waals surface area contributed by atoms with Crippen LogP contribution in [0.2, 0.25) is 0 Å². The van der Waals surface area contributed by atoms with E-state index in [-0.39, 0.29) is 5.91 Å². The Labute approximate surface area is 157 Å². The molecule has 2 aromatic rings. The van der Waals surface area contributed by atoms with Crippen molar-refractivity contribution >= 4 is 17.7 Å². The number of hydrogen-bond donors (Lipinski definition) is 2. The number of carbonyl (C=O) groups is 1. The number of para-hydroxylation sites is 1. The molecule has 2 N–H and O–H groups in total. The lowest BCUT2D eigenvalue weighted by Crippen LogP contribution is -2.39. The van der Waals surface area contributed by atoms with Crippen LogP contribution in [0.5, 0.6) is 5.75 Å². The molecule has 1 aromatic heterocycles. The summed E-state index contributed by atoms with van der Waals surface area (Å²) in [7, 11) is 0. The molecular formula is C19H24N4O2S. The number of benzene rings is 1. The number of ether oxygens (including phenoxy) is 1. The van der Waals surface area contributed by atoms with Crippen LogP contribution in [0, 0.1) is 11.8 Å². The fourth-order valence-electron chi connectivity index (χ4n) is 4.18. The van der Waals surface area contributed by atoms with Crippen molar-refractivity contribution in [2.75, 3.05) is 12.4 Å². The van der Waals surface area contributed by atoms with Gasteiger partial charge in [-0.2, -0.15) is 0 Å². The number of hydrogen-bond acceptors (Lipinski definition) is 5. The molecule has 0 radical (unpaired) electrons. The smallest absolute Gasteiger partial charge is 0.230 e. The molecular weight excluding hydrogens is 348 g/mol. The number of H-pyrrole nitrogens is 1. The maximum Gasteiger partial charge on any atom is 0.230 e. The number of rotatable bonds is 7. The van der Waals surface area contributed by atoms with E-state index in [1.54, 1.807) is 0 Å². The highest BCUT2D eigenvalue weighted by Crippen LogP contribution is 2.44. The third-order valence-electron chi connectivity index (χ3n) is 5.32. The second-order valence-electron chi connectivity index (χ2n) is 7.03. The summed E-state index contributed by atoms with van der Waals surface area (Å²) in [6.45, 7) is 2.54. The van der Waals surface area contributed by atoms with Crippen molar-refractivity contribution in [1.82, 2.24) is 20.5 Å². The Morgan fingerprint density at radius 1 is 1.35 bits per heavy atom. The van der Waals surface area contributed by atoms with Crippen LogP contribution >= 0.6 is 11.8 Å². The van der Waals surface area contributed by atoms with Crippen LogP contribution in [-0.2, 0) is 4.79 Å². The van der Waals surface area contributed by atoms with Gasteiger partial charge in [0.05, 0.1) is 17.9 Å². The van der Waals surface area contributed by atoms with Crippen LogP contribution in [0.3, 0.4) is 0 Å². The summed E-state index contributed by atoms with van der Waals surface area (Å²) < 4.78 is 5.64. The predicted octanol–water partition coefficient (Wildman–Crippen LogP) is 3.27. The molecule has 0 unspecified atom stereocenters. The minimum Gasteiger partial charge on any atom is -0.493 e. The summed E-state index contributed by atoms with van der Waals surface area (Å²) in [4.78, 5) is 16.7. The minimum atomic E-state index is 0.0774. The number of aromatic amines is 1. The maximum absolute atomic E-state index is 12.2. The summed E-state index contributed by atoms with van der Waals surface area (Å²) in [6, 6.07) is 8.11. The van der Waals surface area contributed by atoms with Crippen LogP contribution in [0.1, 0.15) is 32.6 Å². The predicted molar refractivity (Wildman–Crippen MR) is 101 cm³/mol. The van der Waals surface area contributed by atoms with Gasteiger partial charge in [-0.05, 0) is 50.2 Å². The van der Waals surface area contributed by atoms with E-state index < -0.39 is 0 Å². The molecule has 26 heavy (non-hydrogen) atoms. The van der Waals surface area contributed by atoms with Gasteiger partial charge in [-0.15, -0.1) is 5.10 Å². The second-order valence-corrected chi connectivity index (χ2v) is 7.98. The summed E-state index contributed by atoms with van der Waals surface area (Å²) in [6.07, 6.45) is 5.06. The number of aromatic nitrogens is 3. The largest absolute Gasteiger partial charge is 0.493 e. The number of nitrogens with zero attached hydrogens (tertiary/aromatic N) is 2. The lowest BCUT2D eigenvalue weighted by Gasteiger charge is -2.22. The van der Waals surface area contributed by atoms with Gasteiger partial charge in [-0.25, -0.2) is 4.98 Å². The summed E-state index contributed by atoms with van der Waals surface area (Å²) in [5.74, 6) is 3.38. The van der Waals surface area contributed by atoms with Crippen LogP contribution in [0.25, 0.3) is 11.4 Å². The van der Waals surface area contributed by atoms with E-state index >= 15 is 0 Å². The molecule has 0 saturated heterocycles. The molecule has 1 heterocycles. The molecule has 7 heteroatoms. The van der Waals surface area contributed by atoms with E-state index in [0.29, 0.717) is 35.3 Å². The zero-order valence-corrected chi connectivity index (χ0v) is 15.7. The Balaban J connectivity index is 1.33. The van der Waals surface area contributed by atoms with Gasteiger partial charge in [0.15, 0.2) is 5.82 Å². The highest BCUT2D eigenvalue weighted by Gasteiger charge is 2.40. The first-order valence-corrected chi connectivity index (χ1v) is 10.3. The van der Waals surface area contributed by atoms with E-state index in [2.05, 4.69) is 20.5 Å². The highest BCUT2D eigenvalue weighted by molar-refractivity contribution is 7.99. The number of carbonyl (C=O) groups excluding carboxylic acids is 1. The quantitative estimate of drug-likeness (QED) is 0.729. The second kappa shape index (κ2) is 7.70. The van der Waals surface area contributed by atoms with E-state index in [4.69, 9.17) is 4.74 Å². The zero-order chi connectivity index (χ0) is 17.9. The Kier molecular flexibility index (Phi) is 5.15. The van der Waals surface area contributed by atoms with Gasteiger partial charge >= 0.3 is 0 Å². The third-order valence-corrected chi connectivity index (χ3v) is 6.17. The molecule has 138 valence electrons. The normalized spacial score (nSPS) is 24.0. The Morgan fingerprint density at radius 2 is 2.23 bits per heavy atom. The van der Waals surface area contributed by atoms with Gasteiger partial charge < -0.3 is 10.1 Å². The van der Waals surface area contributed by atoms with Gasteiger partial charge in [-0.3, -0.25) is 9.89 Å². The fourth-order valence-corrected chi connectivity index (χ4v) is 4.78. The Hall–Kier alpha value is -2.02. The van der Waals surface area contributed by atoms with Gasteiger partial charge in [0, 0.05) is 6.04 Å². The molecule has 2 fully saturated rings. The Morgan fingerprint density at radius 3 is 3.00 bits per heavy atom. The van der Waals surface area contributed by atoms with Crippen LogP contribution in [0.4, 0.5) is 0 Å². The molecule has 6 nitrogen and oxygen atoms in total. The van der Waals surface area contributed by atoms with E-state index in [1.807, 2.05) is 31.2 Å². The van der Waals surface area contributed by atoms with Gasteiger partial charge in [0.25, 0.3) is 0 Å². The van der Waals surface area contributed by atoms with E-state index in [1.165, 1.54) is 31.0 Å². The molecule has 4 rings (SSSR count). The van der Waals surface area contributed by atoms with Gasteiger partial charge in [0.2, 0.25) is 11.1 Å². The summed E-state index contributed by atoms with van der Waals surface area (Å²) in [5.41, 5.74) is 0.875. The van der Waals surface area contributed by atoms with Gasteiger partial charge in [-0.1, -0.05) is 30.3 Å². The van der Waals surface area contributed by atoms with E-state index in [0.717, 1.165) is 23.7 Å². The topological polar surface area (TPSA) is 79.9 Å². The van der Waals surface area contributed by atoms with Crippen molar-refractivity contribution in [2.24, 2.45) is 11.8 Å². The molecule has 1 amide bonds. The molecule has 0 aliphatic heterocycles. The maximum atomic E-state index is 12.2. The van der Waals surface area contributed by atoms with Crippen molar-refractivity contribution in [1.29, 1.82) is 0 Å². The van der Waals surface area contributed by atoms with Crippen molar-refractivity contribution in [3.05, 3.63) is 24.3 Å². The Bertz CT molecular complexity index is 778. The molecule has 0 spiro atoms. The number of amides is 1. The highest BCUT2D eigenvalue weighted by atomic mass is 32.2. The first-order valence-electron chi connectivity index (χ1n) is 9.29. The van der Waals surface area contributed by atoms with Crippen LogP contribution in [-0.4, -0.2) is 39.5 Å². The molecule has 2 aliphatic rings. The SMILES string of the molecule is CCOc1ccccc1-c1nc(SCC(=O)N[C@H]2C[C@@H]3CC[C@@H]2C3)n[nH]1. The summed E-state index contributed by atoms with van der Waals surface area (Å²) >= 11 is 1.36. The molecule has 3 atom stereocenters. The molecule has 2 bridgehead atoms. The fraction of sp³-hybridized carbons (Fsp3) is 0.526. The summed E-state index contributed by atoms with van der Waals surface area (Å²) in [5, 5.41) is 11.0. The van der Waals surface area contributed by atoms with Crippen molar-refractivity contribution in [3.63, 3.8) is 0 Å². The average molecular weight is 372 g/mol.